The highest BCUT2D eigenvalue weighted by Gasteiger charge is 2.45. The van der Waals surface area contributed by atoms with Crippen LogP contribution in [0.25, 0.3) is 72.0 Å². The lowest BCUT2D eigenvalue weighted by molar-refractivity contribution is 0.332. The van der Waals surface area contributed by atoms with E-state index in [9.17, 15) is 0 Å². The first-order chi connectivity index (χ1) is 44.8. The number of rotatable bonds is 7. The summed E-state index contributed by atoms with van der Waals surface area (Å²) in [6.07, 6.45) is 4.75. The molecule has 11 aromatic carbocycles. The fourth-order valence-corrected chi connectivity index (χ4v) is 16.7. The lowest BCUT2D eigenvalue weighted by Gasteiger charge is -2.44. The molecule has 94 heavy (non-hydrogen) atoms. The number of hydrogen-bond donors (Lipinski definition) is 0. The van der Waals surface area contributed by atoms with E-state index >= 15 is 0 Å². The van der Waals surface area contributed by atoms with Crippen molar-refractivity contribution < 1.29 is 0 Å². The quantitative estimate of drug-likeness (QED) is 0.147. The summed E-state index contributed by atoms with van der Waals surface area (Å²) in [6, 6.07) is 89.9. The first-order valence-corrected chi connectivity index (χ1v) is 34.6. The van der Waals surface area contributed by atoms with Gasteiger partial charge in [0.25, 0.3) is 6.71 Å². The third kappa shape index (κ3) is 9.74. The molecule has 0 spiro atoms. The first kappa shape index (κ1) is 59.9. The second-order valence-electron chi connectivity index (χ2n) is 32.7. The highest BCUT2D eigenvalue weighted by molar-refractivity contribution is 7.00. The number of hydrogen-bond acceptors (Lipinski definition) is 2. The highest BCUT2D eigenvalue weighted by Crippen LogP contribution is 2.52. The second-order valence-corrected chi connectivity index (χ2v) is 32.7. The Balaban J connectivity index is 0.945. The maximum atomic E-state index is 2.62. The molecule has 0 amide bonds. The van der Waals surface area contributed by atoms with Gasteiger partial charge in [-0.05, 0) is 231 Å². The van der Waals surface area contributed by atoms with Crippen molar-refractivity contribution in [3.8, 4) is 50.2 Å². The summed E-state index contributed by atoms with van der Waals surface area (Å²) in [6.45, 7) is 33.3. The zero-order chi connectivity index (χ0) is 65.2. The molecule has 3 heterocycles. The lowest BCUT2D eigenvalue weighted by Crippen LogP contribution is -2.61. The molecule has 0 saturated heterocycles. The molecule has 0 saturated carbocycles. The number of fused-ring (bicyclic) bond motifs is 9. The maximum absolute atomic E-state index is 2.62. The molecule has 466 valence electrons. The summed E-state index contributed by atoms with van der Waals surface area (Å²) in [7, 11) is 0. The third-order valence-electron chi connectivity index (χ3n) is 22.6. The van der Waals surface area contributed by atoms with Crippen LogP contribution < -0.4 is 26.2 Å². The fourth-order valence-electron chi connectivity index (χ4n) is 16.7. The van der Waals surface area contributed by atoms with Crippen molar-refractivity contribution in [3.63, 3.8) is 0 Å². The normalized spacial score (nSPS) is 16.5. The van der Waals surface area contributed by atoms with Gasteiger partial charge >= 0.3 is 0 Å². The maximum Gasteiger partial charge on any atom is 0.252 e. The molecule has 1 aromatic heterocycles. The van der Waals surface area contributed by atoms with Crippen LogP contribution in [0.1, 0.15) is 156 Å². The molecule has 4 heteroatoms. The van der Waals surface area contributed by atoms with Gasteiger partial charge in [0.2, 0.25) is 0 Å². The van der Waals surface area contributed by atoms with Crippen molar-refractivity contribution in [3.05, 3.63) is 264 Å². The Bertz CT molecular complexity index is 4950. The Hall–Kier alpha value is -9.12. The van der Waals surface area contributed by atoms with E-state index in [1.165, 1.54) is 165 Å². The van der Waals surface area contributed by atoms with Crippen LogP contribution in [0.3, 0.4) is 0 Å². The fraction of sp³-hybridized carbons (Fsp3) is 0.267. The third-order valence-corrected chi connectivity index (χ3v) is 22.6. The van der Waals surface area contributed by atoms with E-state index in [4.69, 9.17) is 0 Å². The average molecular weight is 1220 g/mol. The summed E-state index contributed by atoms with van der Waals surface area (Å²) in [5.74, 6) is 0. The van der Waals surface area contributed by atoms with Crippen molar-refractivity contribution in [1.82, 2.24) is 4.57 Å². The lowest BCUT2D eigenvalue weighted by atomic mass is 9.33. The van der Waals surface area contributed by atoms with Crippen LogP contribution in [0, 0.1) is 0 Å². The molecule has 0 atom stereocenters. The van der Waals surface area contributed by atoms with Crippen LogP contribution in [-0.4, -0.2) is 11.3 Å². The van der Waals surface area contributed by atoms with Gasteiger partial charge in [-0.2, -0.15) is 0 Å². The SMILES string of the molecule is CC(C)(C)c1ccc2c(c1)c1cc(C(C)(C)C)ccc1n2-c1ccc2c(c1)N(c1ccc(-c3ccc4c(c3)C(C)(C)CCC4(C)C)cc1)c1cc(-c3ccccc3)cc3c1B2c1cc(-c2ccccc2)ccc1N3c1ccc(-c2ccc3c(c2)C(C)(C)CCC3(C)C)cc1. The zero-order valence-electron chi connectivity index (χ0n) is 57.7. The van der Waals surface area contributed by atoms with Crippen molar-refractivity contribution in [1.29, 1.82) is 0 Å². The smallest absolute Gasteiger partial charge is 0.252 e. The minimum atomic E-state index is -0.114. The summed E-state index contributed by atoms with van der Waals surface area (Å²) in [5, 5.41) is 2.57. The monoisotopic (exact) mass is 1220 g/mol. The first-order valence-electron chi connectivity index (χ1n) is 34.6. The zero-order valence-corrected chi connectivity index (χ0v) is 57.7. The van der Waals surface area contributed by atoms with Gasteiger partial charge in [0.1, 0.15) is 0 Å². The van der Waals surface area contributed by atoms with Gasteiger partial charge in [-0.15, -0.1) is 0 Å². The van der Waals surface area contributed by atoms with Gasteiger partial charge in [0.05, 0.1) is 11.0 Å². The van der Waals surface area contributed by atoms with Crippen molar-refractivity contribution in [2.24, 2.45) is 0 Å². The van der Waals surface area contributed by atoms with Crippen LogP contribution >= 0.6 is 0 Å². The van der Waals surface area contributed by atoms with Gasteiger partial charge < -0.3 is 14.4 Å². The molecule has 2 aliphatic carbocycles. The van der Waals surface area contributed by atoms with Crippen LogP contribution in [0.2, 0.25) is 0 Å². The summed E-state index contributed by atoms with van der Waals surface area (Å²) in [4.78, 5) is 5.21. The molecule has 0 N–H and O–H groups in total. The van der Waals surface area contributed by atoms with Crippen LogP contribution in [0.15, 0.2) is 231 Å². The van der Waals surface area contributed by atoms with Gasteiger partial charge in [-0.25, -0.2) is 0 Å². The van der Waals surface area contributed by atoms with Gasteiger partial charge in [-0.1, -0.05) is 249 Å². The minimum absolute atomic E-state index is 0.0166. The number of nitrogens with zero attached hydrogens (tertiary/aromatic N) is 3. The Morgan fingerprint density at radius 2 is 0.691 bits per heavy atom. The van der Waals surface area contributed by atoms with Gasteiger partial charge in [0, 0.05) is 50.6 Å². The second kappa shape index (κ2) is 21.2. The van der Waals surface area contributed by atoms with Crippen molar-refractivity contribution >= 4 is 79.0 Å². The van der Waals surface area contributed by atoms with Gasteiger partial charge in [0.15, 0.2) is 0 Å². The van der Waals surface area contributed by atoms with Gasteiger partial charge in [-0.3, -0.25) is 0 Å². The predicted octanol–water partition coefficient (Wildman–Crippen LogP) is 22.8. The molecule has 0 fully saturated rings. The molecule has 0 radical (unpaired) electrons. The molecule has 2 aliphatic heterocycles. The molecule has 12 aromatic rings. The summed E-state index contributed by atoms with van der Waals surface area (Å²) < 4.78 is 2.55. The van der Waals surface area contributed by atoms with E-state index in [-0.39, 0.29) is 39.2 Å². The minimum Gasteiger partial charge on any atom is -0.311 e. The topological polar surface area (TPSA) is 11.4 Å². The molecular formula is C90H88BN3. The average Bonchev–Trinajstić information content (AvgIpc) is 0.722. The van der Waals surface area contributed by atoms with E-state index in [0.29, 0.717) is 0 Å². The van der Waals surface area contributed by atoms with Crippen LogP contribution in [0.5, 0.6) is 0 Å². The van der Waals surface area contributed by atoms with Crippen LogP contribution in [0.4, 0.5) is 34.1 Å². The predicted molar refractivity (Wildman–Crippen MR) is 405 cm³/mol. The van der Waals surface area contributed by atoms with Crippen LogP contribution in [-0.2, 0) is 32.5 Å². The van der Waals surface area contributed by atoms with E-state index in [1.54, 1.807) is 0 Å². The molecule has 0 unspecified atom stereocenters. The van der Waals surface area contributed by atoms with Crippen molar-refractivity contribution in [2.75, 3.05) is 9.80 Å². The standard InChI is InChI=1S/C90H88BN3/c1-85(2,3)65-32-43-78-70(54-65)71-55-66(86(4,5)6)33-44-79(71)94(78)69-38-41-76-81(56-69)93(68-36-27-60(28-37-68)62-30-40-73-75(50-62)90(13,14)48-46-88(73,9)10)83-53-64(58-23-19-16-20-24-58)52-82-84(83)91(76)77-51-63(57-21-17-15-18-22-57)31-42-80(77)92(82)67-34-25-59(26-35-67)61-29-39-72-74(49-61)89(11,12)47-45-87(72,7)8/h15-44,49-56H,45-48H2,1-14H3. The van der Waals surface area contributed by atoms with E-state index in [2.05, 4.69) is 342 Å². The number of aromatic nitrogens is 1. The van der Waals surface area contributed by atoms with E-state index < -0.39 is 0 Å². The van der Waals surface area contributed by atoms with E-state index in [1.807, 2.05) is 0 Å². The van der Waals surface area contributed by atoms with E-state index in [0.717, 1.165) is 17.1 Å². The molecule has 16 rings (SSSR count). The summed E-state index contributed by atoms with van der Waals surface area (Å²) >= 11 is 0. The summed E-state index contributed by atoms with van der Waals surface area (Å²) in [5.41, 5.74) is 33.3. The van der Waals surface area contributed by atoms with Crippen molar-refractivity contribution in [2.45, 2.75) is 155 Å². The molecular weight excluding hydrogens is 1130 g/mol. The molecule has 3 nitrogen and oxygen atoms in total. The Morgan fingerprint density at radius 3 is 1.16 bits per heavy atom. The largest absolute Gasteiger partial charge is 0.311 e. The number of anilines is 6. The highest BCUT2D eigenvalue weighted by atomic mass is 15.2. The molecule has 4 aliphatic rings. The Labute approximate surface area is 559 Å². The molecule has 0 bridgehead atoms. The Morgan fingerprint density at radius 1 is 0.298 bits per heavy atom. The number of benzene rings is 11. The Kier molecular flexibility index (Phi) is 13.5.